The van der Waals surface area contributed by atoms with Crippen LogP contribution in [0.4, 0.5) is 32.0 Å². The number of rotatable bonds is 5. The molecule has 0 bridgehead atoms. The van der Waals surface area contributed by atoms with E-state index < -0.39 is 29.4 Å². The highest BCUT2D eigenvalue weighted by Crippen LogP contribution is 2.32. The van der Waals surface area contributed by atoms with Crippen LogP contribution in [0.1, 0.15) is 23.4 Å². The van der Waals surface area contributed by atoms with Crippen LogP contribution < -0.4 is 5.32 Å². The van der Waals surface area contributed by atoms with Gasteiger partial charge in [0.05, 0.1) is 11.1 Å². The molecular weight excluding hydrogens is 416 g/mol. The van der Waals surface area contributed by atoms with E-state index in [9.17, 15) is 31.1 Å². The van der Waals surface area contributed by atoms with Gasteiger partial charge >= 0.3 is 12.4 Å². The van der Waals surface area contributed by atoms with Gasteiger partial charge in [-0.1, -0.05) is 23.4 Å². The minimum Gasteiger partial charge on any atom is -0.339 e. The van der Waals surface area contributed by atoms with Gasteiger partial charge in [0.15, 0.2) is 0 Å². The first-order chi connectivity index (χ1) is 14.0. The molecule has 0 fully saturated rings. The second-order valence-electron chi connectivity index (χ2n) is 6.22. The molecule has 158 valence electrons. The van der Waals surface area contributed by atoms with Crippen molar-refractivity contribution >= 4 is 11.6 Å². The lowest BCUT2D eigenvalue weighted by molar-refractivity contribution is -0.138. The number of nitrogens with zero attached hydrogens (tertiary/aromatic N) is 2. The van der Waals surface area contributed by atoms with Crippen LogP contribution in [-0.2, 0) is 23.6 Å². The Morgan fingerprint density at radius 3 is 2.23 bits per heavy atom. The third kappa shape index (κ3) is 5.37. The van der Waals surface area contributed by atoms with Crippen LogP contribution in [0.25, 0.3) is 11.4 Å². The number of anilines is 1. The molecule has 0 saturated heterocycles. The molecule has 0 radical (unpaired) electrons. The fourth-order valence-electron chi connectivity index (χ4n) is 2.53. The van der Waals surface area contributed by atoms with Gasteiger partial charge < -0.3 is 9.84 Å². The van der Waals surface area contributed by atoms with E-state index in [1.54, 1.807) is 0 Å². The molecule has 0 spiro atoms. The summed E-state index contributed by atoms with van der Waals surface area (Å²) in [5.41, 5.74) is -1.70. The number of amides is 1. The van der Waals surface area contributed by atoms with Crippen LogP contribution in [0.2, 0.25) is 0 Å². The van der Waals surface area contributed by atoms with Gasteiger partial charge in [-0.25, -0.2) is 0 Å². The average molecular weight is 429 g/mol. The van der Waals surface area contributed by atoms with E-state index in [0.717, 1.165) is 30.3 Å². The fraction of sp³-hybridized carbons (Fsp3) is 0.211. The van der Waals surface area contributed by atoms with Crippen molar-refractivity contribution in [2.24, 2.45) is 0 Å². The van der Waals surface area contributed by atoms with Gasteiger partial charge in [0.2, 0.25) is 17.6 Å². The van der Waals surface area contributed by atoms with Crippen molar-refractivity contribution < 1.29 is 35.7 Å². The second-order valence-corrected chi connectivity index (χ2v) is 6.22. The van der Waals surface area contributed by atoms with Gasteiger partial charge in [0.1, 0.15) is 0 Å². The first-order valence-electron chi connectivity index (χ1n) is 8.50. The summed E-state index contributed by atoms with van der Waals surface area (Å²) < 4.78 is 81.4. The SMILES string of the molecule is O=C(CCc1nc(-c2cccc(C(F)(F)F)c2)no1)Nc1cccc(C(F)(F)F)c1. The molecule has 0 atom stereocenters. The van der Waals surface area contributed by atoms with Crippen LogP contribution in [0.15, 0.2) is 53.1 Å². The number of carbonyl (C=O) groups is 1. The molecule has 0 saturated carbocycles. The van der Waals surface area contributed by atoms with Crippen LogP contribution >= 0.6 is 0 Å². The van der Waals surface area contributed by atoms with Crippen molar-refractivity contribution in [1.29, 1.82) is 0 Å². The van der Waals surface area contributed by atoms with E-state index in [-0.39, 0.29) is 35.8 Å². The predicted octanol–water partition coefficient (Wildman–Crippen LogP) is 5.35. The zero-order valence-electron chi connectivity index (χ0n) is 15.0. The molecular formula is C19H13F6N3O2. The van der Waals surface area contributed by atoms with Crippen molar-refractivity contribution in [3.8, 4) is 11.4 Å². The third-order valence-electron chi connectivity index (χ3n) is 3.96. The fourth-order valence-corrected chi connectivity index (χ4v) is 2.53. The Hall–Kier alpha value is -3.37. The predicted molar refractivity (Wildman–Crippen MR) is 93.1 cm³/mol. The Bertz CT molecular complexity index is 1040. The van der Waals surface area contributed by atoms with Crippen LogP contribution in [0.3, 0.4) is 0 Å². The van der Waals surface area contributed by atoms with Crippen LogP contribution in [-0.4, -0.2) is 16.0 Å². The smallest absolute Gasteiger partial charge is 0.339 e. The number of aromatic nitrogens is 2. The molecule has 1 N–H and O–H groups in total. The minimum absolute atomic E-state index is 0.00149. The average Bonchev–Trinajstić information content (AvgIpc) is 3.14. The Labute approximate surface area is 165 Å². The molecule has 3 rings (SSSR count). The lowest BCUT2D eigenvalue weighted by Crippen LogP contribution is -2.13. The molecule has 3 aromatic rings. The van der Waals surface area contributed by atoms with Crippen molar-refractivity contribution in [3.63, 3.8) is 0 Å². The number of halogens is 6. The molecule has 0 aliphatic heterocycles. The second kappa shape index (κ2) is 8.17. The van der Waals surface area contributed by atoms with Crippen molar-refractivity contribution in [1.82, 2.24) is 10.1 Å². The highest BCUT2D eigenvalue weighted by atomic mass is 19.4. The van der Waals surface area contributed by atoms with Gasteiger partial charge in [0, 0.05) is 24.1 Å². The summed E-state index contributed by atoms with van der Waals surface area (Å²) >= 11 is 0. The molecule has 1 amide bonds. The molecule has 0 unspecified atom stereocenters. The van der Waals surface area contributed by atoms with E-state index in [4.69, 9.17) is 4.52 Å². The molecule has 0 aliphatic carbocycles. The van der Waals surface area contributed by atoms with Crippen molar-refractivity contribution in [2.45, 2.75) is 25.2 Å². The molecule has 0 aliphatic rings. The van der Waals surface area contributed by atoms with Gasteiger partial charge in [0.25, 0.3) is 0 Å². The van der Waals surface area contributed by atoms with Gasteiger partial charge in [-0.05, 0) is 30.3 Å². The summed E-state index contributed by atoms with van der Waals surface area (Å²) in [4.78, 5) is 15.9. The maximum Gasteiger partial charge on any atom is 0.416 e. The third-order valence-corrected chi connectivity index (χ3v) is 3.96. The van der Waals surface area contributed by atoms with Gasteiger partial charge in [-0.15, -0.1) is 0 Å². The molecule has 11 heteroatoms. The minimum atomic E-state index is -4.54. The Morgan fingerprint density at radius 1 is 0.933 bits per heavy atom. The molecule has 1 aromatic heterocycles. The molecule has 1 heterocycles. The summed E-state index contributed by atoms with van der Waals surface area (Å²) in [7, 11) is 0. The lowest BCUT2D eigenvalue weighted by Gasteiger charge is -2.09. The van der Waals surface area contributed by atoms with Crippen LogP contribution in [0, 0.1) is 0 Å². The Balaban J connectivity index is 1.61. The van der Waals surface area contributed by atoms with E-state index in [1.165, 1.54) is 18.2 Å². The van der Waals surface area contributed by atoms with E-state index in [1.807, 2.05) is 0 Å². The summed E-state index contributed by atoms with van der Waals surface area (Å²) in [5.74, 6) is -0.663. The largest absolute Gasteiger partial charge is 0.416 e. The Morgan fingerprint density at radius 2 is 1.57 bits per heavy atom. The van der Waals surface area contributed by atoms with Crippen molar-refractivity contribution in [2.75, 3.05) is 5.32 Å². The lowest BCUT2D eigenvalue weighted by atomic mass is 10.1. The molecule has 5 nitrogen and oxygen atoms in total. The number of aryl methyl sites for hydroxylation is 1. The number of nitrogens with one attached hydrogen (secondary N) is 1. The first-order valence-corrected chi connectivity index (χ1v) is 8.50. The van der Waals surface area contributed by atoms with Gasteiger partial charge in [-0.2, -0.15) is 31.3 Å². The zero-order valence-corrected chi connectivity index (χ0v) is 15.0. The summed E-state index contributed by atoms with van der Waals surface area (Å²) in [5, 5.41) is 5.93. The van der Waals surface area contributed by atoms with E-state index in [2.05, 4.69) is 15.5 Å². The van der Waals surface area contributed by atoms with Crippen LogP contribution in [0.5, 0.6) is 0 Å². The first kappa shape index (κ1) is 21.3. The summed E-state index contributed by atoms with van der Waals surface area (Å²) in [6, 6.07) is 8.52. The topological polar surface area (TPSA) is 68.0 Å². The summed E-state index contributed by atoms with van der Waals surface area (Å²) in [6.45, 7) is 0. The number of carbonyl (C=O) groups excluding carboxylic acids is 1. The van der Waals surface area contributed by atoms with Gasteiger partial charge in [-0.3, -0.25) is 4.79 Å². The standard InChI is InChI=1S/C19H13F6N3O2/c20-18(21,22)12-4-1-3-11(9-12)17-27-16(30-28-17)8-7-15(29)26-14-6-2-5-13(10-14)19(23,24)25/h1-6,9-10H,7-8H2,(H,26,29). The molecule has 2 aromatic carbocycles. The van der Waals surface area contributed by atoms with Crippen molar-refractivity contribution in [3.05, 3.63) is 65.5 Å². The maximum atomic E-state index is 12.8. The Kier molecular flexibility index (Phi) is 5.81. The highest BCUT2D eigenvalue weighted by molar-refractivity contribution is 5.90. The highest BCUT2D eigenvalue weighted by Gasteiger charge is 2.31. The molecule has 30 heavy (non-hydrogen) atoms. The number of hydrogen-bond donors (Lipinski definition) is 1. The maximum absolute atomic E-state index is 12.8. The summed E-state index contributed by atoms with van der Waals surface area (Å²) in [6.07, 6.45) is -9.29. The number of benzene rings is 2. The quantitative estimate of drug-likeness (QED) is 0.556. The monoisotopic (exact) mass is 429 g/mol. The zero-order chi connectivity index (χ0) is 21.9. The van der Waals surface area contributed by atoms with E-state index >= 15 is 0 Å². The van der Waals surface area contributed by atoms with E-state index in [0.29, 0.717) is 0 Å². The normalized spacial score (nSPS) is 12.1. The number of alkyl halides is 6. The number of hydrogen-bond acceptors (Lipinski definition) is 4.